The van der Waals surface area contributed by atoms with E-state index >= 15 is 0 Å². The highest BCUT2D eigenvalue weighted by Gasteiger charge is 2.33. The molecule has 4 rings (SSSR count). The molecule has 0 saturated carbocycles. The van der Waals surface area contributed by atoms with Gasteiger partial charge in [0.2, 0.25) is 11.8 Å². The molecular weight excluding hydrogens is 638 g/mol. The SMILES string of the molecule is CC(C)[C@H](NC(=O)[C@H](CCC(=O)OC(C)(C)C)NC(=O)OCC1c2ccccc2-c2ccccc21)C(=O)N[C@@H](C)C(=O)OCc1ccccc1. The van der Waals surface area contributed by atoms with Crippen LogP contribution in [-0.4, -0.2) is 60.2 Å². The van der Waals surface area contributed by atoms with Crippen LogP contribution in [0.25, 0.3) is 11.1 Å². The van der Waals surface area contributed by atoms with Crippen molar-refractivity contribution in [3.63, 3.8) is 0 Å². The fourth-order valence-electron chi connectivity index (χ4n) is 5.71. The Morgan fingerprint density at radius 2 is 1.30 bits per heavy atom. The number of fused-ring (bicyclic) bond motifs is 3. The average molecular weight is 686 g/mol. The van der Waals surface area contributed by atoms with E-state index in [9.17, 15) is 24.0 Å². The van der Waals surface area contributed by atoms with Crippen molar-refractivity contribution in [1.82, 2.24) is 16.0 Å². The third-order valence-electron chi connectivity index (χ3n) is 8.19. The number of amides is 3. The van der Waals surface area contributed by atoms with Crippen molar-refractivity contribution in [1.29, 1.82) is 0 Å². The molecule has 0 aliphatic heterocycles. The topological polar surface area (TPSA) is 149 Å². The van der Waals surface area contributed by atoms with Crippen molar-refractivity contribution in [2.45, 2.75) is 90.6 Å². The fraction of sp³-hybridized carbons (Fsp3) is 0.410. The van der Waals surface area contributed by atoms with Gasteiger partial charge in [-0.15, -0.1) is 0 Å². The van der Waals surface area contributed by atoms with Crippen LogP contribution in [0.3, 0.4) is 0 Å². The number of esters is 2. The van der Waals surface area contributed by atoms with E-state index < -0.39 is 59.5 Å². The summed E-state index contributed by atoms with van der Waals surface area (Å²) in [5, 5.41) is 7.90. The van der Waals surface area contributed by atoms with Crippen LogP contribution in [0, 0.1) is 5.92 Å². The second kappa shape index (κ2) is 17.0. The highest BCUT2D eigenvalue weighted by molar-refractivity contribution is 5.93. The Labute approximate surface area is 293 Å². The molecule has 0 radical (unpaired) electrons. The van der Waals surface area contributed by atoms with Crippen molar-refractivity contribution in [3.8, 4) is 11.1 Å². The molecule has 11 heteroatoms. The number of hydrogen-bond acceptors (Lipinski definition) is 8. The third kappa shape index (κ3) is 10.4. The van der Waals surface area contributed by atoms with E-state index in [2.05, 4.69) is 16.0 Å². The van der Waals surface area contributed by atoms with Gasteiger partial charge in [0.05, 0.1) is 0 Å². The van der Waals surface area contributed by atoms with Gasteiger partial charge in [-0.05, 0) is 67.9 Å². The summed E-state index contributed by atoms with van der Waals surface area (Å²) in [4.78, 5) is 65.3. The van der Waals surface area contributed by atoms with Crippen LogP contribution in [-0.2, 0) is 40.0 Å². The van der Waals surface area contributed by atoms with Gasteiger partial charge in [0.1, 0.15) is 36.9 Å². The first-order valence-corrected chi connectivity index (χ1v) is 16.9. The van der Waals surface area contributed by atoms with Crippen LogP contribution in [0.15, 0.2) is 78.9 Å². The molecule has 0 aromatic heterocycles. The Morgan fingerprint density at radius 1 is 0.720 bits per heavy atom. The summed E-state index contributed by atoms with van der Waals surface area (Å²) in [5.74, 6) is -3.08. The first-order valence-electron chi connectivity index (χ1n) is 16.9. The maximum atomic E-state index is 13.7. The summed E-state index contributed by atoms with van der Waals surface area (Å²) in [6.07, 6.45) is -1.14. The van der Waals surface area contributed by atoms with Crippen LogP contribution in [0.1, 0.15) is 77.0 Å². The maximum Gasteiger partial charge on any atom is 0.407 e. The number of hydrogen-bond donors (Lipinski definition) is 3. The first-order chi connectivity index (χ1) is 23.7. The number of nitrogens with one attached hydrogen (secondary N) is 3. The molecule has 266 valence electrons. The van der Waals surface area contributed by atoms with Gasteiger partial charge in [-0.3, -0.25) is 14.4 Å². The number of rotatable bonds is 14. The zero-order valence-corrected chi connectivity index (χ0v) is 29.5. The van der Waals surface area contributed by atoms with Gasteiger partial charge in [-0.25, -0.2) is 9.59 Å². The smallest absolute Gasteiger partial charge is 0.407 e. The molecule has 0 spiro atoms. The van der Waals surface area contributed by atoms with Gasteiger partial charge in [-0.1, -0.05) is 92.7 Å². The Hall–Kier alpha value is -5.19. The summed E-state index contributed by atoms with van der Waals surface area (Å²) >= 11 is 0. The van der Waals surface area contributed by atoms with Gasteiger partial charge >= 0.3 is 18.0 Å². The summed E-state index contributed by atoms with van der Waals surface area (Å²) in [5.41, 5.74) is 4.27. The molecule has 11 nitrogen and oxygen atoms in total. The molecule has 0 heterocycles. The maximum absolute atomic E-state index is 13.7. The molecule has 3 aromatic rings. The normalized spacial score (nSPS) is 14.0. The van der Waals surface area contributed by atoms with Crippen LogP contribution >= 0.6 is 0 Å². The zero-order valence-electron chi connectivity index (χ0n) is 29.5. The lowest BCUT2D eigenvalue weighted by Gasteiger charge is -2.26. The summed E-state index contributed by atoms with van der Waals surface area (Å²) < 4.78 is 16.4. The van der Waals surface area contributed by atoms with Crippen molar-refractivity contribution in [2.24, 2.45) is 5.92 Å². The van der Waals surface area contributed by atoms with E-state index in [1.807, 2.05) is 78.9 Å². The predicted molar refractivity (Wildman–Crippen MR) is 188 cm³/mol. The monoisotopic (exact) mass is 685 g/mol. The molecule has 3 amide bonds. The Bertz CT molecular complexity index is 1620. The third-order valence-corrected chi connectivity index (χ3v) is 8.19. The molecule has 1 aliphatic rings. The lowest BCUT2D eigenvalue weighted by atomic mass is 9.98. The van der Waals surface area contributed by atoms with E-state index in [1.165, 1.54) is 6.92 Å². The summed E-state index contributed by atoms with van der Waals surface area (Å²) in [6, 6.07) is 21.7. The molecule has 3 N–H and O–H groups in total. The molecule has 1 aliphatic carbocycles. The van der Waals surface area contributed by atoms with Crippen molar-refractivity contribution < 1.29 is 38.2 Å². The van der Waals surface area contributed by atoms with Crippen LogP contribution in [0.4, 0.5) is 4.79 Å². The molecule has 0 saturated heterocycles. The number of alkyl carbamates (subject to hydrolysis) is 1. The largest absolute Gasteiger partial charge is 0.460 e. The second-order valence-electron chi connectivity index (χ2n) is 13.7. The summed E-state index contributed by atoms with van der Waals surface area (Å²) in [6.45, 7) is 10.2. The molecule has 3 atom stereocenters. The van der Waals surface area contributed by atoms with Gasteiger partial charge in [0.25, 0.3) is 0 Å². The number of carbonyl (C=O) groups excluding carboxylic acids is 5. The highest BCUT2D eigenvalue weighted by atomic mass is 16.6. The Morgan fingerprint density at radius 3 is 1.88 bits per heavy atom. The minimum absolute atomic E-state index is 0.0234. The predicted octanol–water partition coefficient (Wildman–Crippen LogP) is 5.40. The van der Waals surface area contributed by atoms with E-state index in [0.717, 1.165) is 27.8 Å². The number of benzene rings is 3. The van der Waals surface area contributed by atoms with E-state index in [0.29, 0.717) is 0 Å². The lowest BCUT2D eigenvalue weighted by Crippen LogP contribution is -2.57. The van der Waals surface area contributed by atoms with Gasteiger partial charge in [0.15, 0.2) is 0 Å². The van der Waals surface area contributed by atoms with E-state index in [-0.39, 0.29) is 32.0 Å². The van der Waals surface area contributed by atoms with Crippen molar-refractivity contribution in [2.75, 3.05) is 6.61 Å². The quantitative estimate of drug-likeness (QED) is 0.151. The molecule has 0 bridgehead atoms. The van der Waals surface area contributed by atoms with Crippen LogP contribution in [0.2, 0.25) is 0 Å². The molecule has 0 fully saturated rings. The second-order valence-corrected chi connectivity index (χ2v) is 13.7. The first kappa shape index (κ1) is 37.6. The number of carbonyl (C=O) groups is 5. The van der Waals surface area contributed by atoms with E-state index in [1.54, 1.807) is 34.6 Å². The zero-order chi connectivity index (χ0) is 36.4. The summed E-state index contributed by atoms with van der Waals surface area (Å²) in [7, 11) is 0. The Kier molecular flexibility index (Phi) is 12.8. The molecule has 0 unspecified atom stereocenters. The Balaban J connectivity index is 1.41. The number of ether oxygens (including phenoxy) is 3. The van der Waals surface area contributed by atoms with Crippen LogP contribution in [0.5, 0.6) is 0 Å². The highest BCUT2D eigenvalue weighted by Crippen LogP contribution is 2.44. The van der Waals surface area contributed by atoms with E-state index in [4.69, 9.17) is 14.2 Å². The average Bonchev–Trinajstić information content (AvgIpc) is 3.39. The standard InChI is InChI=1S/C39H47N3O8/c1-24(2)34(36(45)40-25(3)37(46)48-22-26-14-8-7-9-15-26)42-35(44)32(20-21-33(43)50-39(4,5)6)41-38(47)49-23-31-29-18-12-10-16-27(29)28-17-11-13-19-30(28)31/h7-19,24-25,31-32,34H,20-23H2,1-6H3,(H,40,45)(H,41,47)(H,42,44)/t25-,32-,34-/m0/s1. The van der Waals surface area contributed by atoms with Crippen molar-refractivity contribution >= 4 is 29.8 Å². The minimum Gasteiger partial charge on any atom is -0.460 e. The van der Waals surface area contributed by atoms with Gasteiger partial charge in [0, 0.05) is 12.3 Å². The molecule has 50 heavy (non-hydrogen) atoms. The molecular formula is C39H47N3O8. The minimum atomic E-state index is -1.24. The van der Waals surface area contributed by atoms with Crippen LogP contribution < -0.4 is 16.0 Å². The lowest BCUT2D eigenvalue weighted by molar-refractivity contribution is -0.155. The van der Waals surface area contributed by atoms with Gasteiger partial charge < -0.3 is 30.2 Å². The van der Waals surface area contributed by atoms with Gasteiger partial charge in [-0.2, -0.15) is 0 Å². The fourth-order valence-corrected chi connectivity index (χ4v) is 5.71. The van der Waals surface area contributed by atoms with Crippen molar-refractivity contribution in [3.05, 3.63) is 95.6 Å². The molecule has 3 aromatic carbocycles.